The molecular formula is C19H20ClFN4O. The van der Waals surface area contributed by atoms with Crippen LogP contribution < -0.4 is 10.3 Å². The van der Waals surface area contributed by atoms with Crippen molar-refractivity contribution in [3.63, 3.8) is 0 Å². The van der Waals surface area contributed by atoms with Gasteiger partial charge in [-0.05, 0) is 41.3 Å². The third kappa shape index (κ3) is 5.02. The number of pyridine rings is 1. The van der Waals surface area contributed by atoms with Crippen molar-refractivity contribution in [3.05, 3.63) is 48.1 Å². The summed E-state index contributed by atoms with van der Waals surface area (Å²) in [5.74, 6) is 0.753. The molecule has 1 saturated carbocycles. The maximum atomic E-state index is 12.2. The molecule has 136 valence electrons. The van der Waals surface area contributed by atoms with Crippen LogP contribution in [0.15, 0.2) is 42.9 Å². The molecular weight excluding hydrogens is 355 g/mol. The molecule has 0 spiro atoms. The minimum atomic E-state index is 0.143. The number of hydrogen-bond donors (Lipinski definition) is 1. The third-order valence-electron chi connectivity index (χ3n) is 4.21. The molecule has 26 heavy (non-hydrogen) atoms. The van der Waals surface area contributed by atoms with Crippen LogP contribution in [0.3, 0.4) is 0 Å². The number of hydrogen-bond acceptors (Lipinski definition) is 5. The summed E-state index contributed by atoms with van der Waals surface area (Å²) in [5, 5.41) is 4.88. The van der Waals surface area contributed by atoms with E-state index < -0.39 is 0 Å². The van der Waals surface area contributed by atoms with Crippen LogP contribution in [0.4, 0.5) is 16.0 Å². The highest BCUT2D eigenvalue weighted by Gasteiger charge is 2.05. The molecule has 0 amide bonds. The van der Waals surface area contributed by atoms with Crippen molar-refractivity contribution in [1.29, 1.82) is 0 Å². The van der Waals surface area contributed by atoms with Gasteiger partial charge in [0.2, 0.25) is 5.28 Å². The molecule has 3 aromatic rings. The van der Waals surface area contributed by atoms with Gasteiger partial charge in [0.05, 0.1) is 18.1 Å². The number of anilines is 2. The summed E-state index contributed by atoms with van der Waals surface area (Å²) in [6.45, 7) is 0. The Morgan fingerprint density at radius 2 is 1.58 bits per heavy atom. The lowest BCUT2D eigenvalue weighted by molar-refractivity contribution is -0.00603. The van der Waals surface area contributed by atoms with Gasteiger partial charge < -0.3 is 5.32 Å². The minimum absolute atomic E-state index is 0.143. The molecule has 7 heteroatoms. The summed E-state index contributed by atoms with van der Waals surface area (Å²) in [7, 11) is 0. The van der Waals surface area contributed by atoms with E-state index in [1.54, 1.807) is 36.8 Å². The van der Waals surface area contributed by atoms with Crippen LogP contribution in [0, 0.1) is 0 Å². The van der Waals surface area contributed by atoms with E-state index in [0.29, 0.717) is 11.5 Å². The summed E-state index contributed by atoms with van der Waals surface area (Å²) in [5.41, 5.74) is 0.653. The molecule has 0 bridgehead atoms. The highest BCUT2D eigenvalue weighted by atomic mass is 35.5. The summed E-state index contributed by atoms with van der Waals surface area (Å²) < 4.78 is 12.2. The average molecular weight is 375 g/mol. The smallest absolute Gasteiger partial charge is 0.222 e. The van der Waals surface area contributed by atoms with E-state index in [0.717, 1.165) is 10.8 Å². The SMILES string of the molecule is C1CCCCC1.FOc1ccc2c(Nc3cnc(Cl)nc3)nccc2c1. The van der Waals surface area contributed by atoms with Gasteiger partial charge in [-0.2, -0.15) is 0 Å². The molecule has 1 fully saturated rings. The van der Waals surface area contributed by atoms with Crippen LogP contribution in [0.5, 0.6) is 5.75 Å². The van der Waals surface area contributed by atoms with Crippen LogP contribution in [0.1, 0.15) is 38.5 Å². The van der Waals surface area contributed by atoms with E-state index in [4.69, 9.17) is 11.6 Å². The first-order valence-corrected chi connectivity index (χ1v) is 9.06. The molecule has 0 aliphatic heterocycles. The van der Waals surface area contributed by atoms with Gasteiger partial charge in [-0.25, -0.2) is 15.0 Å². The first-order valence-electron chi connectivity index (χ1n) is 8.68. The molecule has 4 rings (SSSR count). The Bertz CT molecular complexity index is 829. The Kier molecular flexibility index (Phi) is 6.55. The van der Waals surface area contributed by atoms with Crippen molar-refractivity contribution in [2.75, 3.05) is 5.32 Å². The summed E-state index contributed by atoms with van der Waals surface area (Å²) in [6, 6.07) is 6.59. The molecule has 1 N–H and O–H groups in total. The lowest BCUT2D eigenvalue weighted by Gasteiger charge is -2.08. The van der Waals surface area contributed by atoms with Crippen molar-refractivity contribution < 1.29 is 9.47 Å². The van der Waals surface area contributed by atoms with Crippen LogP contribution >= 0.6 is 11.6 Å². The molecule has 1 aromatic carbocycles. The highest BCUT2D eigenvalue weighted by Crippen LogP contribution is 2.27. The maximum Gasteiger partial charge on any atom is 0.222 e. The molecule has 0 saturated heterocycles. The Labute approximate surface area is 156 Å². The average Bonchev–Trinajstić information content (AvgIpc) is 2.71. The van der Waals surface area contributed by atoms with Gasteiger partial charge in [0, 0.05) is 16.1 Å². The fourth-order valence-electron chi connectivity index (χ4n) is 2.88. The van der Waals surface area contributed by atoms with Crippen molar-refractivity contribution in [1.82, 2.24) is 15.0 Å². The lowest BCUT2D eigenvalue weighted by Crippen LogP contribution is -1.96. The highest BCUT2D eigenvalue weighted by molar-refractivity contribution is 6.28. The maximum absolute atomic E-state index is 12.2. The first-order chi connectivity index (χ1) is 12.8. The third-order valence-corrected chi connectivity index (χ3v) is 4.40. The van der Waals surface area contributed by atoms with Crippen LogP contribution in [-0.4, -0.2) is 15.0 Å². The van der Waals surface area contributed by atoms with Gasteiger partial charge in [0.25, 0.3) is 0 Å². The largest absolute Gasteiger partial charge is 0.337 e. The normalized spacial score (nSPS) is 13.6. The van der Waals surface area contributed by atoms with Gasteiger partial charge >= 0.3 is 0 Å². The van der Waals surface area contributed by atoms with E-state index in [2.05, 4.69) is 25.2 Å². The topological polar surface area (TPSA) is 59.9 Å². The number of rotatable bonds is 3. The number of nitrogens with zero attached hydrogens (tertiary/aromatic N) is 3. The molecule has 0 unspecified atom stereocenters. The minimum Gasteiger partial charge on any atom is -0.337 e. The van der Waals surface area contributed by atoms with E-state index in [-0.39, 0.29) is 11.0 Å². The summed E-state index contributed by atoms with van der Waals surface area (Å²) in [6.07, 6.45) is 13.7. The first kappa shape index (κ1) is 18.3. The molecule has 2 heterocycles. The standard InChI is InChI=1S/C13H8ClFN4O.C6H12/c14-13-17-6-9(7-18-13)19-12-11-2-1-10(20-15)5-8(11)3-4-16-12;1-2-4-6-5-3-1/h1-7H,(H,16,19);1-6H2. The number of aromatic nitrogens is 3. The Hall–Kier alpha value is -2.47. The zero-order valence-electron chi connectivity index (χ0n) is 14.3. The van der Waals surface area contributed by atoms with Gasteiger partial charge in [0.1, 0.15) is 5.82 Å². The van der Waals surface area contributed by atoms with Crippen LogP contribution in [-0.2, 0) is 0 Å². The van der Waals surface area contributed by atoms with Crippen molar-refractivity contribution in [3.8, 4) is 5.75 Å². The predicted molar refractivity (Wildman–Crippen MR) is 102 cm³/mol. The van der Waals surface area contributed by atoms with Crippen molar-refractivity contribution in [2.45, 2.75) is 38.5 Å². The van der Waals surface area contributed by atoms with Crippen LogP contribution in [0.2, 0.25) is 5.28 Å². The predicted octanol–water partition coefficient (Wildman–Crippen LogP) is 6.03. The second-order valence-corrected chi connectivity index (χ2v) is 6.44. The second kappa shape index (κ2) is 9.29. The van der Waals surface area contributed by atoms with Crippen LogP contribution in [0.25, 0.3) is 10.8 Å². The lowest BCUT2D eigenvalue weighted by atomic mass is 10.0. The molecule has 2 aromatic heterocycles. The summed E-state index contributed by atoms with van der Waals surface area (Å²) in [4.78, 5) is 15.7. The van der Waals surface area contributed by atoms with E-state index in [9.17, 15) is 4.53 Å². The van der Waals surface area contributed by atoms with Gasteiger partial charge in [-0.15, -0.1) is 0 Å². The Morgan fingerprint density at radius 1 is 0.923 bits per heavy atom. The number of halogens is 2. The van der Waals surface area contributed by atoms with E-state index >= 15 is 0 Å². The zero-order chi connectivity index (χ0) is 18.2. The molecule has 0 atom stereocenters. The Balaban J connectivity index is 0.000000278. The molecule has 5 nitrogen and oxygen atoms in total. The second-order valence-electron chi connectivity index (χ2n) is 6.11. The zero-order valence-corrected chi connectivity index (χ0v) is 15.0. The van der Waals surface area contributed by atoms with Gasteiger partial charge in [-0.1, -0.05) is 38.5 Å². The number of fused-ring (bicyclic) bond motifs is 1. The van der Waals surface area contributed by atoms with Gasteiger partial charge in [-0.3, -0.25) is 4.94 Å². The fraction of sp³-hybridized carbons (Fsp3) is 0.316. The number of benzene rings is 1. The molecule has 1 aliphatic rings. The van der Waals surface area contributed by atoms with E-state index in [1.807, 2.05) is 0 Å². The quantitative estimate of drug-likeness (QED) is 0.567. The van der Waals surface area contributed by atoms with Crippen molar-refractivity contribution in [2.24, 2.45) is 0 Å². The monoisotopic (exact) mass is 374 g/mol. The molecule has 0 radical (unpaired) electrons. The fourth-order valence-corrected chi connectivity index (χ4v) is 2.98. The molecule has 1 aliphatic carbocycles. The van der Waals surface area contributed by atoms with E-state index in [1.165, 1.54) is 44.6 Å². The number of nitrogens with one attached hydrogen (secondary N) is 1. The Morgan fingerprint density at radius 3 is 2.19 bits per heavy atom. The van der Waals surface area contributed by atoms with Crippen molar-refractivity contribution >= 4 is 33.9 Å². The van der Waals surface area contributed by atoms with Gasteiger partial charge in [0.15, 0.2) is 5.75 Å². The summed E-state index contributed by atoms with van der Waals surface area (Å²) >= 11 is 5.63.